The molecule has 1 aromatic heterocycles. The van der Waals surface area contributed by atoms with Crippen molar-refractivity contribution >= 4 is 11.6 Å². The second-order valence-electron chi connectivity index (χ2n) is 6.84. The second-order valence-corrected chi connectivity index (χ2v) is 6.84. The Kier molecular flexibility index (Phi) is 5.25. The van der Waals surface area contributed by atoms with E-state index in [1.165, 1.54) is 4.68 Å². The highest BCUT2D eigenvalue weighted by molar-refractivity contribution is 5.96. The minimum absolute atomic E-state index is 0.00970. The zero-order valence-corrected chi connectivity index (χ0v) is 15.1. The number of nitrogens with one attached hydrogen (secondary N) is 1. The molecule has 0 aliphatic carbocycles. The Morgan fingerprint density at radius 2 is 2.04 bits per heavy atom. The molecular weight excluding hydrogens is 332 g/mol. The molecule has 2 aromatic rings. The summed E-state index contributed by atoms with van der Waals surface area (Å²) in [6.07, 6.45) is 3.56. The van der Waals surface area contributed by atoms with Crippen molar-refractivity contribution in [2.75, 3.05) is 24.5 Å². The van der Waals surface area contributed by atoms with Crippen molar-refractivity contribution < 1.29 is 9.90 Å². The molecule has 2 heterocycles. The number of hydrogen-bond donors (Lipinski definition) is 2. The van der Waals surface area contributed by atoms with Crippen molar-refractivity contribution in [1.29, 1.82) is 0 Å². The molecule has 138 valence electrons. The lowest BCUT2D eigenvalue weighted by atomic mass is 9.96. The zero-order chi connectivity index (χ0) is 18.7. The molecule has 0 radical (unpaired) electrons. The summed E-state index contributed by atoms with van der Waals surface area (Å²) in [6.45, 7) is 4.10. The van der Waals surface area contributed by atoms with Gasteiger partial charge >= 0.3 is 0 Å². The molecule has 0 bridgehead atoms. The number of hydrogen-bond acceptors (Lipinski definition) is 5. The summed E-state index contributed by atoms with van der Waals surface area (Å²) in [6, 6.07) is 6.65. The van der Waals surface area contributed by atoms with Crippen molar-refractivity contribution in [2.24, 2.45) is 13.0 Å². The average molecular weight is 356 g/mol. The minimum Gasteiger partial charge on any atom is -0.507 e. The Morgan fingerprint density at radius 1 is 1.31 bits per heavy atom. The van der Waals surface area contributed by atoms with Crippen LogP contribution in [0.4, 0.5) is 5.69 Å². The zero-order valence-electron chi connectivity index (χ0n) is 15.1. The third kappa shape index (κ3) is 4.04. The molecule has 1 aliphatic rings. The summed E-state index contributed by atoms with van der Waals surface area (Å²) in [5.41, 5.74) is 1.95. The highest BCUT2D eigenvalue weighted by atomic mass is 16.3. The van der Waals surface area contributed by atoms with E-state index in [2.05, 4.69) is 15.3 Å². The smallest absolute Gasteiger partial charge is 0.268 e. The Hall–Kier alpha value is -2.83. The van der Waals surface area contributed by atoms with E-state index in [1.54, 1.807) is 31.4 Å². The molecule has 7 nitrogen and oxygen atoms in total. The molecule has 7 heteroatoms. The van der Waals surface area contributed by atoms with Gasteiger partial charge in [-0.05, 0) is 43.4 Å². The molecule has 26 heavy (non-hydrogen) atoms. The number of phenols is 1. The number of nitrogens with zero attached hydrogens (tertiary/aromatic N) is 3. The molecule has 0 saturated carbocycles. The van der Waals surface area contributed by atoms with Crippen LogP contribution in [0.1, 0.15) is 28.8 Å². The van der Waals surface area contributed by atoms with Gasteiger partial charge in [0.25, 0.3) is 11.5 Å². The second kappa shape index (κ2) is 7.59. The lowest BCUT2D eigenvalue weighted by molar-refractivity contribution is 0.0942. The quantitative estimate of drug-likeness (QED) is 0.866. The number of aryl methyl sites for hydroxylation is 2. The van der Waals surface area contributed by atoms with Crippen LogP contribution in [-0.2, 0) is 7.05 Å². The number of aromatic hydroxyl groups is 1. The van der Waals surface area contributed by atoms with Gasteiger partial charge in [-0.1, -0.05) is 6.07 Å². The van der Waals surface area contributed by atoms with Crippen molar-refractivity contribution in [3.05, 3.63) is 51.9 Å². The Bertz CT molecular complexity index is 854. The molecule has 1 aliphatic heterocycles. The van der Waals surface area contributed by atoms with Gasteiger partial charge in [0.1, 0.15) is 5.75 Å². The van der Waals surface area contributed by atoms with Crippen molar-refractivity contribution in [3.8, 4) is 5.75 Å². The van der Waals surface area contributed by atoms with E-state index in [9.17, 15) is 14.7 Å². The monoisotopic (exact) mass is 356 g/mol. The fourth-order valence-electron chi connectivity index (χ4n) is 3.19. The standard InChI is InChI=1S/C19H24N4O3/c1-13-3-4-16(17(24)9-13)19(26)20-11-14-5-7-23(8-6-14)15-10-18(25)22(2)21-12-15/h3-4,9-10,12,14,24H,5-8,11H2,1-2H3,(H,20,26). The molecule has 2 N–H and O–H groups in total. The summed E-state index contributed by atoms with van der Waals surface area (Å²) in [5.74, 6) is 0.137. The van der Waals surface area contributed by atoms with Crippen LogP contribution in [0, 0.1) is 12.8 Å². The number of aromatic nitrogens is 2. The number of phenolic OH excluding ortho intramolecular Hbond substituents is 1. The van der Waals surface area contributed by atoms with Gasteiger partial charge < -0.3 is 15.3 Å². The van der Waals surface area contributed by atoms with Crippen LogP contribution in [0.3, 0.4) is 0 Å². The van der Waals surface area contributed by atoms with Gasteiger partial charge in [0, 0.05) is 32.7 Å². The minimum atomic E-state index is -0.249. The highest BCUT2D eigenvalue weighted by Gasteiger charge is 2.21. The average Bonchev–Trinajstić information content (AvgIpc) is 2.62. The molecule has 0 atom stereocenters. The number of amides is 1. The summed E-state index contributed by atoms with van der Waals surface area (Å²) in [7, 11) is 1.63. The van der Waals surface area contributed by atoms with Gasteiger partial charge in [-0.2, -0.15) is 5.10 Å². The van der Waals surface area contributed by atoms with E-state index < -0.39 is 0 Å². The van der Waals surface area contributed by atoms with Crippen LogP contribution in [-0.4, -0.2) is 40.4 Å². The Morgan fingerprint density at radius 3 is 2.69 bits per heavy atom. The third-order valence-electron chi connectivity index (χ3n) is 4.88. The molecule has 3 rings (SSSR count). The molecule has 1 amide bonds. The van der Waals surface area contributed by atoms with E-state index in [0.717, 1.165) is 37.2 Å². The molecule has 0 unspecified atom stereocenters. The first-order valence-electron chi connectivity index (χ1n) is 8.80. The van der Waals surface area contributed by atoms with Crippen LogP contribution >= 0.6 is 0 Å². The van der Waals surface area contributed by atoms with E-state index in [4.69, 9.17) is 0 Å². The van der Waals surface area contributed by atoms with E-state index in [1.807, 2.05) is 13.0 Å². The van der Waals surface area contributed by atoms with Gasteiger partial charge in [-0.3, -0.25) is 9.59 Å². The molecule has 0 spiro atoms. The maximum atomic E-state index is 12.2. The predicted molar refractivity (Wildman–Crippen MR) is 99.6 cm³/mol. The van der Waals surface area contributed by atoms with Gasteiger partial charge in [0.2, 0.25) is 0 Å². The first kappa shape index (κ1) is 18.0. The Balaban J connectivity index is 1.51. The van der Waals surface area contributed by atoms with E-state index >= 15 is 0 Å². The number of rotatable bonds is 4. The number of benzene rings is 1. The maximum Gasteiger partial charge on any atom is 0.268 e. The number of carbonyl (C=O) groups excluding carboxylic acids is 1. The SMILES string of the molecule is Cc1ccc(C(=O)NCC2CCN(c3cnn(C)c(=O)c3)CC2)c(O)c1. The molecule has 1 fully saturated rings. The van der Waals surface area contributed by atoms with Gasteiger partial charge in [0.05, 0.1) is 17.4 Å². The van der Waals surface area contributed by atoms with E-state index in [-0.39, 0.29) is 17.2 Å². The fourth-order valence-corrected chi connectivity index (χ4v) is 3.19. The largest absolute Gasteiger partial charge is 0.507 e. The summed E-state index contributed by atoms with van der Waals surface area (Å²) >= 11 is 0. The molecular formula is C19H24N4O3. The highest BCUT2D eigenvalue weighted by Crippen LogP contribution is 2.22. The first-order valence-corrected chi connectivity index (χ1v) is 8.80. The van der Waals surface area contributed by atoms with E-state index in [0.29, 0.717) is 18.0 Å². The van der Waals surface area contributed by atoms with Gasteiger partial charge in [-0.25, -0.2) is 4.68 Å². The first-order chi connectivity index (χ1) is 12.4. The summed E-state index contributed by atoms with van der Waals surface area (Å²) in [4.78, 5) is 26.1. The van der Waals surface area contributed by atoms with Crippen molar-refractivity contribution in [1.82, 2.24) is 15.1 Å². The van der Waals surface area contributed by atoms with Crippen LogP contribution in [0.15, 0.2) is 35.3 Å². The summed E-state index contributed by atoms with van der Waals surface area (Å²) in [5, 5.41) is 16.9. The molecule has 1 aromatic carbocycles. The normalized spacial score (nSPS) is 15.1. The number of anilines is 1. The van der Waals surface area contributed by atoms with Gasteiger partial charge in [0.15, 0.2) is 0 Å². The van der Waals surface area contributed by atoms with Crippen LogP contribution < -0.4 is 15.8 Å². The predicted octanol–water partition coefficient (Wildman–Crippen LogP) is 1.44. The van der Waals surface area contributed by atoms with Crippen LogP contribution in [0.2, 0.25) is 0 Å². The van der Waals surface area contributed by atoms with Crippen molar-refractivity contribution in [3.63, 3.8) is 0 Å². The maximum absolute atomic E-state index is 12.2. The summed E-state index contributed by atoms with van der Waals surface area (Å²) < 4.78 is 1.31. The number of carbonyl (C=O) groups is 1. The lowest BCUT2D eigenvalue weighted by Gasteiger charge is -2.33. The van der Waals surface area contributed by atoms with Crippen molar-refractivity contribution in [2.45, 2.75) is 19.8 Å². The number of piperidine rings is 1. The fraction of sp³-hybridized carbons (Fsp3) is 0.421. The van der Waals surface area contributed by atoms with Gasteiger partial charge in [-0.15, -0.1) is 0 Å². The topological polar surface area (TPSA) is 87.5 Å². The lowest BCUT2D eigenvalue weighted by Crippen LogP contribution is -2.39. The Labute approximate surface area is 152 Å². The molecule has 1 saturated heterocycles. The van der Waals surface area contributed by atoms with Crippen LogP contribution in [0.25, 0.3) is 0 Å². The van der Waals surface area contributed by atoms with Crippen LogP contribution in [0.5, 0.6) is 5.75 Å². The third-order valence-corrected chi connectivity index (χ3v) is 4.88.